The van der Waals surface area contributed by atoms with Crippen LogP contribution in [0.2, 0.25) is 0 Å². The molecule has 2 aromatic carbocycles. The summed E-state index contributed by atoms with van der Waals surface area (Å²) >= 11 is 3.26. The summed E-state index contributed by atoms with van der Waals surface area (Å²) in [7, 11) is 1.54. The van der Waals surface area contributed by atoms with E-state index in [4.69, 9.17) is 38.4 Å². The van der Waals surface area contributed by atoms with Crippen molar-refractivity contribution in [1.82, 2.24) is 4.90 Å². The van der Waals surface area contributed by atoms with E-state index in [1.807, 2.05) is 40.7 Å². The number of rotatable bonds is 5. The van der Waals surface area contributed by atoms with Crippen molar-refractivity contribution in [2.75, 3.05) is 37.4 Å². The number of ether oxygens (including phenoxy) is 6. The largest absolute Gasteiger partial charge is 0.507 e. The number of hydrogen-bond acceptors (Lipinski definition) is 14. The molecule has 8 rings (SSSR count). The lowest BCUT2D eigenvalue weighted by Crippen LogP contribution is -2.56. The van der Waals surface area contributed by atoms with Gasteiger partial charge in [0.05, 0.1) is 40.9 Å². The predicted molar refractivity (Wildman–Crippen MR) is 248 cm³/mol. The summed E-state index contributed by atoms with van der Waals surface area (Å²) in [6, 6.07) is 0. The smallest absolute Gasteiger partial charge is 0.316 e. The minimum atomic E-state index is -1.93. The standard InChI is InChI=1S/C49H65BrN4O11/c1-24(2)23-54-19-17-49(18-20-54)52-36-33-34-39(56)28(6)44-35(33)45(58)48(11,65-44)61-21-16-31(60-12)27(5)42(62-32(55)22-50)30(8)43-29(7)41(63-47(9,10)64-43)25(3)14-13-15-26(4)46(59)51-38(40(34)57)37(36)53-49/h13-16,21,24-25,27,29-31,41-43,56-57H,17-20,22-23H2,1-12H3,(H,51,59)/b14-13+,21-16+,26-15-/t25-,27+,29+,30-,31-,41-,42+,43+,48-/m0/s1. The number of fused-ring (bicyclic) bond motifs is 9. The Hall–Kier alpha value is -4.35. The molecular weight excluding hydrogens is 900 g/mol. The number of benzene rings is 2. The van der Waals surface area contributed by atoms with Gasteiger partial charge in [0.1, 0.15) is 34.0 Å². The number of piperidine rings is 1. The highest BCUT2D eigenvalue weighted by molar-refractivity contribution is 9.09. The maximum atomic E-state index is 14.9. The Bertz CT molecular complexity index is 2460. The van der Waals surface area contributed by atoms with Crippen molar-refractivity contribution in [2.24, 2.45) is 39.6 Å². The summed E-state index contributed by atoms with van der Waals surface area (Å²) in [5.41, 5.74) is -0.389. The first-order chi connectivity index (χ1) is 30.6. The van der Waals surface area contributed by atoms with E-state index in [0.29, 0.717) is 24.3 Å². The molecule has 3 N–H and O–H groups in total. The maximum Gasteiger partial charge on any atom is 0.316 e. The van der Waals surface area contributed by atoms with Crippen LogP contribution in [-0.2, 0) is 33.3 Å². The third-order valence-corrected chi connectivity index (χ3v) is 14.2. The van der Waals surface area contributed by atoms with Gasteiger partial charge >= 0.3 is 11.8 Å². The van der Waals surface area contributed by atoms with Crippen molar-refractivity contribution in [3.63, 3.8) is 0 Å². The van der Waals surface area contributed by atoms with E-state index in [1.54, 1.807) is 32.1 Å². The summed E-state index contributed by atoms with van der Waals surface area (Å²) in [5.74, 6) is -5.88. The highest BCUT2D eigenvalue weighted by atomic mass is 79.9. The van der Waals surface area contributed by atoms with Gasteiger partial charge in [-0.1, -0.05) is 75.7 Å². The van der Waals surface area contributed by atoms with Crippen LogP contribution in [0.5, 0.6) is 17.2 Å². The first kappa shape index (κ1) is 48.6. The van der Waals surface area contributed by atoms with Crippen LogP contribution in [0, 0.1) is 36.5 Å². The average Bonchev–Trinajstić information content (AvgIpc) is 3.75. The molecule has 2 aromatic rings. The Morgan fingerprint density at radius 2 is 1.62 bits per heavy atom. The van der Waals surface area contributed by atoms with Gasteiger partial charge in [-0.15, -0.1) is 0 Å². The first-order valence-electron chi connectivity index (χ1n) is 22.7. The molecule has 2 saturated heterocycles. The fourth-order valence-electron chi connectivity index (χ4n) is 10.3. The van der Waals surface area contributed by atoms with Gasteiger partial charge in [0.25, 0.3) is 11.7 Å². The fraction of sp³-hybridized carbons (Fsp3) is 0.612. The number of phenolic OH excluding ortho intramolecular Hbond substituents is 2. The van der Waals surface area contributed by atoms with Crippen molar-refractivity contribution < 1.29 is 53.0 Å². The lowest BCUT2D eigenvalue weighted by atomic mass is 9.77. The Labute approximate surface area is 389 Å². The van der Waals surface area contributed by atoms with Gasteiger partial charge in [0.2, 0.25) is 0 Å². The number of hydrogen-bond donors (Lipinski definition) is 3. The van der Waals surface area contributed by atoms with E-state index in [-0.39, 0.29) is 79.0 Å². The number of alkyl halides is 1. The lowest BCUT2D eigenvalue weighted by Gasteiger charge is -2.50. The molecule has 0 radical (unpaired) electrons. The second-order valence-electron chi connectivity index (χ2n) is 19.6. The Morgan fingerprint density at radius 1 is 0.954 bits per heavy atom. The zero-order chi connectivity index (χ0) is 47.5. The molecule has 6 aliphatic rings. The van der Waals surface area contributed by atoms with Crippen LogP contribution in [0.4, 0.5) is 5.69 Å². The monoisotopic (exact) mass is 964 g/mol. The quantitative estimate of drug-likeness (QED) is 0.160. The van der Waals surface area contributed by atoms with Crippen LogP contribution in [0.3, 0.4) is 0 Å². The molecule has 7 bridgehead atoms. The van der Waals surface area contributed by atoms with Crippen molar-refractivity contribution in [1.29, 1.82) is 0 Å². The summed E-state index contributed by atoms with van der Waals surface area (Å²) in [6.07, 6.45) is 7.41. The molecular formula is C49H65BrN4O11. The van der Waals surface area contributed by atoms with Crippen molar-refractivity contribution in [3.05, 3.63) is 58.0 Å². The summed E-state index contributed by atoms with van der Waals surface area (Å²) in [4.78, 5) is 54.8. The Kier molecular flexibility index (Phi) is 13.7. The molecule has 1 spiro atoms. The van der Waals surface area contributed by atoms with E-state index < -0.39 is 64.9 Å². The van der Waals surface area contributed by atoms with Gasteiger partial charge in [0.15, 0.2) is 17.2 Å². The normalized spacial score (nSPS) is 33.0. The second-order valence-corrected chi connectivity index (χ2v) is 20.1. The molecule has 2 fully saturated rings. The minimum absolute atomic E-state index is 0.0167. The molecule has 65 heavy (non-hydrogen) atoms. The molecule has 15 nitrogen and oxygen atoms in total. The number of Topliss-reactive ketones (excluding diaryl/α,β-unsaturated/α-hetero) is 1. The summed E-state index contributed by atoms with van der Waals surface area (Å²) < 4.78 is 37.9. The average molecular weight is 966 g/mol. The van der Waals surface area contributed by atoms with E-state index in [1.165, 1.54) is 20.3 Å². The summed E-state index contributed by atoms with van der Waals surface area (Å²) in [6.45, 7) is 23.1. The van der Waals surface area contributed by atoms with Crippen LogP contribution >= 0.6 is 15.9 Å². The highest BCUT2D eigenvalue weighted by Gasteiger charge is 2.51. The number of carbonyl (C=O) groups excluding carboxylic acids is 3. The molecule has 9 atom stereocenters. The molecule has 6 heterocycles. The van der Waals surface area contributed by atoms with Crippen LogP contribution in [-0.4, -0.2) is 106 Å². The summed E-state index contributed by atoms with van der Waals surface area (Å²) in [5, 5.41) is 27.6. The second kappa shape index (κ2) is 18.4. The van der Waals surface area contributed by atoms with Crippen LogP contribution in [0.25, 0.3) is 10.8 Å². The SMILES string of the molecule is CO[C@H]1/C=C/O[C@@]2(C)Oc3c(C)c(O)c4c(O)c(c5c(c4c3C2=O)=NC2(CCN(CC(C)C)CC2)N=5)NC(=O)/C(C)=C\C=C\[C@H](C)[C@@H]2OC(C)(C)O[C@@H]([C@@H](C)[C@H](OC(=O)CBr)[C@@H]1C)[C@@H]2C. The number of nitrogens with one attached hydrogen (secondary N) is 1. The number of esters is 1. The number of nitrogens with zero attached hydrogens (tertiary/aromatic N) is 3. The van der Waals surface area contributed by atoms with Crippen molar-refractivity contribution in [3.8, 4) is 17.2 Å². The van der Waals surface area contributed by atoms with Crippen LogP contribution < -0.4 is 20.8 Å². The highest BCUT2D eigenvalue weighted by Crippen LogP contribution is 2.50. The lowest BCUT2D eigenvalue weighted by molar-refractivity contribution is -0.336. The number of halogens is 1. The predicted octanol–water partition coefficient (Wildman–Crippen LogP) is 6.92. The third-order valence-electron chi connectivity index (χ3n) is 13.7. The zero-order valence-corrected chi connectivity index (χ0v) is 41.2. The van der Waals surface area contributed by atoms with Crippen LogP contribution in [0.1, 0.15) is 98.0 Å². The van der Waals surface area contributed by atoms with E-state index in [2.05, 4.69) is 46.9 Å². The number of methoxy groups -OCH3 is 1. The fourth-order valence-corrected chi connectivity index (χ4v) is 10.4. The van der Waals surface area contributed by atoms with Gasteiger partial charge in [0, 0.05) is 86.7 Å². The van der Waals surface area contributed by atoms with Crippen LogP contribution in [0.15, 0.2) is 46.1 Å². The number of allylic oxidation sites excluding steroid dienone is 2. The molecule has 0 aromatic heterocycles. The maximum absolute atomic E-state index is 14.9. The van der Waals surface area contributed by atoms with E-state index >= 15 is 0 Å². The molecule has 0 unspecified atom stereocenters. The van der Waals surface area contributed by atoms with Gasteiger partial charge < -0.3 is 48.9 Å². The molecule has 6 aliphatic heterocycles. The van der Waals surface area contributed by atoms with Gasteiger partial charge in [-0.2, -0.15) is 0 Å². The third kappa shape index (κ3) is 9.09. The molecule has 354 valence electrons. The van der Waals surface area contributed by atoms with E-state index in [9.17, 15) is 24.6 Å². The molecule has 1 amide bonds. The number of aromatic hydroxyl groups is 2. The number of carbonyl (C=O) groups is 3. The van der Waals surface area contributed by atoms with Gasteiger partial charge in [-0.25, -0.2) is 0 Å². The van der Waals surface area contributed by atoms with E-state index in [0.717, 1.165) is 19.6 Å². The minimum Gasteiger partial charge on any atom is -0.507 e. The number of anilines is 1. The Morgan fingerprint density at radius 3 is 2.26 bits per heavy atom. The number of ketones is 1. The topological polar surface area (TPSA) is 187 Å². The molecule has 0 saturated carbocycles. The molecule has 16 heteroatoms. The zero-order valence-electron chi connectivity index (χ0n) is 39.6. The number of likely N-dealkylation sites (tertiary alicyclic amines) is 1. The van der Waals surface area contributed by atoms with Crippen molar-refractivity contribution >= 4 is 50.0 Å². The molecule has 0 aliphatic carbocycles. The first-order valence-corrected chi connectivity index (χ1v) is 23.8. The van der Waals surface area contributed by atoms with Crippen molar-refractivity contribution in [2.45, 2.75) is 131 Å². The van der Waals surface area contributed by atoms with Gasteiger partial charge in [-0.3, -0.25) is 24.4 Å². The number of phenols is 2. The number of amides is 1. The van der Waals surface area contributed by atoms with Gasteiger partial charge in [-0.05, 0) is 39.7 Å². The Balaban J connectivity index is 1.40.